The number of aliphatic hydroxyl groups excluding tert-OH is 1. The molecular formula is C11H24N2O3. The molecule has 0 aromatic rings. The second-order valence-electron chi connectivity index (χ2n) is 4.00. The van der Waals surface area contributed by atoms with E-state index in [4.69, 9.17) is 5.11 Å². The van der Waals surface area contributed by atoms with Crippen LogP contribution in [0.1, 0.15) is 20.8 Å². The van der Waals surface area contributed by atoms with Gasteiger partial charge in [0.1, 0.15) is 0 Å². The van der Waals surface area contributed by atoms with Gasteiger partial charge in [0.05, 0.1) is 12.6 Å². The van der Waals surface area contributed by atoms with Crippen molar-refractivity contribution in [1.29, 1.82) is 0 Å². The third-order valence-electron chi connectivity index (χ3n) is 2.51. The summed E-state index contributed by atoms with van der Waals surface area (Å²) in [5.74, 6) is -0.791. The Bertz CT molecular complexity index is 198. The molecule has 5 nitrogen and oxygen atoms in total. The minimum Gasteiger partial charge on any atom is -0.480 e. The van der Waals surface area contributed by atoms with Crippen LogP contribution in [0.5, 0.6) is 0 Å². The molecule has 1 atom stereocenters. The molecule has 0 aromatic heterocycles. The van der Waals surface area contributed by atoms with Crippen LogP contribution in [0.25, 0.3) is 0 Å². The van der Waals surface area contributed by atoms with E-state index in [0.29, 0.717) is 6.54 Å². The summed E-state index contributed by atoms with van der Waals surface area (Å²) in [4.78, 5) is 14.6. The Balaban J connectivity index is 3.92. The number of nitrogens with zero attached hydrogens (tertiary/aromatic N) is 2. The van der Waals surface area contributed by atoms with Crippen LogP contribution >= 0.6 is 0 Å². The summed E-state index contributed by atoms with van der Waals surface area (Å²) in [6, 6.07) is 0. The van der Waals surface area contributed by atoms with E-state index >= 15 is 0 Å². The fourth-order valence-electron chi connectivity index (χ4n) is 1.58. The molecule has 0 aromatic carbocycles. The second kappa shape index (κ2) is 8.50. The third kappa shape index (κ3) is 7.62. The Labute approximate surface area is 97.7 Å². The molecule has 96 valence electrons. The van der Waals surface area contributed by atoms with Crippen LogP contribution in [-0.4, -0.2) is 71.4 Å². The highest BCUT2D eigenvalue weighted by Gasteiger charge is 2.10. The highest BCUT2D eigenvalue weighted by Crippen LogP contribution is 1.94. The summed E-state index contributed by atoms with van der Waals surface area (Å²) < 4.78 is 0. The average Bonchev–Trinajstić information content (AvgIpc) is 2.20. The lowest BCUT2D eigenvalue weighted by Gasteiger charge is -2.25. The van der Waals surface area contributed by atoms with Crippen molar-refractivity contribution in [2.24, 2.45) is 0 Å². The normalized spacial score (nSPS) is 13.4. The number of aliphatic carboxylic acids is 1. The number of hydrogen-bond acceptors (Lipinski definition) is 4. The van der Waals surface area contributed by atoms with Crippen LogP contribution in [0.4, 0.5) is 0 Å². The summed E-state index contributed by atoms with van der Waals surface area (Å²) >= 11 is 0. The number of carboxylic acid groups (broad SMARTS) is 1. The molecule has 0 radical (unpaired) electrons. The molecule has 0 aliphatic rings. The maximum Gasteiger partial charge on any atom is 0.317 e. The maximum absolute atomic E-state index is 10.6. The average molecular weight is 232 g/mol. The van der Waals surface area contributed by atoms with Crippen LogP contribution in [0.15, 0.2) is 0 Å². The Morgan fingerprint density at radius 3 is 2.06 bits per heavy atom. The SMILES string of the molecule is CCN(CCN(CC)CC(C)O)CC(=O)O. The fourth-order valence-corrected chi connectivity index (χ4v) is 1.58. The van der Waals surface area contributed by atoms with Gasteiger partial charge in [0, 0.05) is 19.6 Å². The van der Waals surface area contributed by atoms with Gasteiger partial charge in [-0.15, -0.1) is 0 Å². The molecule has 0 aliphatic carbocycles. The van der Waals surface area contributed by atoms with E-state index in [0.717, 1.165) is 26.2 Å². The van der Waals surface area contributed by atoms with Gasteiger partial charge in [-0.3, -0.25) is 14.6 Å². The maximum atomic E-state index is 10.6. The molecule has 5 heteroatoms. The van der Waals surface area contributed by atoms with Gasteiger partial charge in [-0.1, -0.05) is 13.8 Å². The van der Waals surface area contributed by atoms with Crippen molar-refractivity contribution in [3.8, 4) is 0 Å². The highest BCUT2D eigenvalue weighted by molar-refractivity contribution is 5.69. The molecule has 0 heterocycles. The Kier molecular flexibility index (Phi) is 8.15. The highest BCUT2D eigenvalue weighted by atomic mass is 16.4. The van der Waals surface area contributed by atoms with Crippen LogP contribution in [0, 0.1) is 0 Å². The van der Waals surface area contributed by atoms with E-state index < -0.39 is 5.97 Å². The molecule has 0 saturated heterocycles. The molecule has 16 heavy (non-hydrogen) atoms. The number of likely N-dealkylation sites (N-methyl/N-ethyl adjacent to an activating group) is 2. The number of hydrogen-bond donors (Lipinski definition) is 2. The Morgan fingerprint density at radius 2 is 1.69 bits per heavy atom. The first-order valence-electron chi connectivity index (χ1n) is 5.84. The minimum absolute atomic E-state index is 0.0860. The summed E-state index contributed by atoms with van der Waals surface area (Å²) in [6.45, 7) is 9.60. The number of carbonyl (C=O) groups is 1. The summed E-state index contributed by atoms with van der Waals surface area (Å²) in [5.41, 5.74) is 0. The van der Waals surface area contributed by atoms with E-state index in [1.54, 1.807) is 6.92 Å². The molecule has 1 unspecified atom stereocenters. The van der Waals surface area contributed by atoms with Gasteiger partial charge in [-0.2, -0.15) is 0 Å². The molecule has 0 saturated carbocycles. The van der Waals surface area contributed by atoms with Crippen molar-refractivity contribution in [1.82, 2.24) is 9.80 Å². The van der Waals surface area contributed by atoms with Gasteiger partial charge in [-0.05, 0) is 20.0 Å². The van der Waals surface area contributed by atoms with Crippen LogP contribution in [0.3, 0.4) is 0 Å². The molecule has 0 rings (SSSR count). The van der Waals surface area contributed by atoms with Gasteiger partial charge in [0.2, 0.25) is 0 Å². The lowest BCUT2D eigenvalue weighted by Crippen LogP contribution is -2.40. The molecular weight excluding hydrogens is 208 g/mol. The lowest BCUT2D eigenvalue weighted by molar-refractivity contribution is -0.138. The van der Waals surface area contributed by atoms with Crippen LogP contribution in [-0.2, 0) is 4.79 Å². The van der Waals surface area contributed by atoms with Crippen molar-refractivity contribution in [3.05, 3.63) is 0 Å². The van der Waals surface area contributed by atoms with Crippen molar-refractivity contribution in [3.63, 3.8) is 0 Å². The van der Waals surface area contributed by atoms with Crippen molar-refractivity contribution in [2.75, 3.05) is 39.3 Å². The van der Waals surface area contributed by atoms with Gasteiger partial charge in [0.15, 0.2) is 0 Å². The van der Waals surface area contributed by atoms with Gasteiger partial charge >= 0.3 is 5.97 Å². The quantitative estimate of drug-likeness (QED) is 0.590. The van der Waals surface area contributed by atoms with Gasteiger partial charge in [0.25, 0.3) is 0 Å². The van der Waals surface area contributed by atoms with E-state index in [1.807, 2.05) is 18.7 Å². The Hall–Kier alpha value is -0.650. The van der Waals surface area contributed by atoms with Crippen molar-refractivity contribution >= 4 is 5.97 Å². The van der Waals surface area contributed by atoms with Crippen molar-refractivity contribution in [2.45, 2.75) is 26.9 Å². The zero-order valence-corrected chi connectivity index (χ0v) is 10.5. The first kappa shape index (κ1) is 15.3. The van der Waals surface area contributed by atoms with Crippen LogP contribution < -0.4 is 0 Å². The monoisotopic (exact) mass is 232 g/mol. The largest absolute Gasteiger partial charge is 0.480 e. The van der Waals surface area contributed by atoms with Crippen LogP contribution in [0.2, 0.25) is 0 Å². The van der Waals surface area contributed by atoms with Gasteiger partial charge < -0.3 is 10.2 Å². The summed E-state index contributed by atoms with van der Waals surface area (Å²) in [6.07, 6.45) is -0.338. The molecule has 0 bridgehead atoms. The minimum atomic E-state index is -0.791. The van der Waals surface area contributed by atoms with E-state index in [9.17, 15) is 9.90 Å². The number of aliphatic hydroxyl groups is 1. The topological polar surface area (TPSA) is 64.0 Å². The summed E-state index contributed by atoms with van der Waals surface area (Å²) in [7, 11) is 0. The predicted octanol–water partition coefficient (Wildman–Crippen LogP) is 0.0956. The number of rotatable bonds is 9. The zero-order valence-electron chi connectivity index (χ0n) is 10.5. The molecule has 0 amide bonds. The van der Waals surface area contributed by atoms with E-state index in [2.05, 4.69) is 4.90 Å². The zero-order chi connectivity index (χ0) is 12.6. The van der Waals surface area contributed by atoms with Gasteiger partial charge in [-0.25, -0.2) is 0 Å². The number of carboxylic acids is 1. The Morgan fingerprint density at radius 1 is 1.19 bits per heavy atom. The standard InChI is InChI=1S/C11H24N2O3/c1-4-12(8-10(3)14)6-7-13(5-2)9-11(15)16/h10,14H,4-9H2,1-3H3,(H,15,16). The molecule has 0 spiro atoms. The lowest BCUT2D eigenvalue weighted by atomic mass is 10.3. The molecule has 0 fully saturated rings. The second-order valence-corrected chi connectivity index (χ2v) is 4.00. The van der Waals surface area contributed by atoms with E-state index in [-0.39, 0.29) is 12.6 Å². The first-order chi connectivity index (χ1) is 7.49. The van der Waals surface area contributed by atoms with Crippen molar-refractivity contribution < 1.29 is 15.0 Å². The fraction of sp³-hybridized carbons (Fsp3) is 0.909. The molecule has 2 N–H and O–H groups in total. The summed E-state index contributed by atoms with van der Waals surface area (Å²) in [5, 5.41) is 18.0. The third-order valence-corrected chi connectivity index (χ3v) is 2.51. The predicted molar refractivity (Wildman–Crippen MR) is 63.5 cm³/mol. The smallest absolute Gasteiger partial charge is 0.317 e. The van der Waals surface area contributed by atoms with E-state index in [1.165, 1.54) is 0 Å². The molecule has 0 aliphatic heterocycles. The first-order valence-corrected chi connectivity index (χ1v) is 5.84.